The van der Waals surface area contributed by atoms with Crippen molar-refractivity contribution >= 4 is 43.7 Å². The zero-order chi connectivity index (χ0) is 29.7. The topological polar surface area (TPSA) is 77.6 Å². The summed E-state index contributed by atoms with van der Waals surface area (Å²) < 4.78 is 6.36. The van der Waals surface area contributed by atoms with Crippen molar-refractivity contribution in [3.8, 4) is 45.4 Å². The number of fused-ring (bicyclic) bond motifs is 6. The van der Waals surface area contributed by atoms with Gasteiger partial charge in [0.1, 0.15) is 11.2 Å². The lowest BCUT2D eigenvalue weighted by Crippen LogP contribution is -2.00. The van der Waals surface area contributed by atoms with Gasteiger partial charge in [0.15, 0.2) is 17.5 Å². The molecule has 0 bridgehead atoms. The third-order valence-corrected chi connectivity index (χ3v) is 8.16. The largest absolute Gasteiger partial charge is 0.456 e. The van der Waals surface area contributed by atoms with Crippen molar-refractivity contribution in [1.82, 2.24) is 24.9 Å². The van der Waals surface area contributed by atoms with E-state index < -0.39 is 0 Å². The highest BCUT2D eigenvalue weighted by Crippen LogP contribution is 2.38. The van der Waals surface area contributed by atoms with E-state index in [2.05, 4.69) is 35.3 Å². The van der Waals surface area contributed by atoms with Crippen molar-refractivity contribution in [2.24, 2.45) is 0 Å². The Morgan fingerprint density at radius 2 is 1.18 bits per heavy atom. The lowest BCUT2D eigenvalue weighted by atomic mass is 10.0. The molecule has 0 aliphatic rings. The van der Waals surface area contributed by atoms with Crippen molar-refractivity contribution in [2.45, 2.75) is 0 Å². The first-order valence-corrected chi connectivity index (χ1v) is 14.8. The van der Waals surface area contributed by atoms with Gasteiger partial charge < -0.3 is 4.42 Å². The van der Waals surface area contributed by atoms with Crippen LogP contribution in [-0.2, 0) is 0 Å². The second-order valence-corrected chi connectivity index (χ2v) is 10.9. The molecule has 9 aromatic rings. The average Bonchev–Trinajstić information content (AvgIpc) is 3.50. The van der Waals surface area contributed by atoms with Crippen molar-refractivity contribution in [3.63, 3.8) is 0 Å². The normalized spacial score (nSPS) is 11.6. The van der Waals surface area contributed by atoms with E-state index in [4.69, 9.17) is 24.4 Å². The second kappa shape index (κ2) is 10.2. The highest BCUT2D eigenvalue weighted by molar-refractivity contribution is 6.13. The molecule has 6 nitrogen and oxygen atoms in total. The molecular weight excluding hydrogens is 554 g/mol. The van der Waals surface area contributed by atoms with Gasteiger partial charge in [-0.15, -0.1) is 0 Å². The van der Waals surface area contributed by atoms with E-state index in [9.17, 15) is 0 Å². The molecule has 0 atom stereocenters. The smallest absolute Gasteiger partial charge is 0.164 e. The minimum absolute atomic E-state index is 0.587. The summed E-state index contributed by atoms with van der Waals surface area (Å²) >= 11 is 0. The summed E-state index contributed by atoms with van der Waals surface area (Å²) in [6, 6.07) is 44.5. The van der Waals surface area contributed by atoms with Crippen LogP contribution in [0.15, 0.2) is 144 Å². The Morgan fingerprint density at radius 1 is 0.467 bits per heavy atom. The molecule has 0 aliphatic heterocycles. The van der Waals surface area contributed by atoms with Crippen LogP contribution in [0.4, 0.5) is 0 Å². The number of furan rings is 1. The van der Waals surface area contributed by atoms with Gasteiger partial charge in [-0.25, -0.2) is 19.9 Å². The number of nitrogens with zero attached hydrogens (tertiary/aromatic N) is 5. The van der Waals surface area contributed by atoms with Crippen molar-refractivity contribution in [3.05, 3.63) is 140 Å². The minimum Gasteiger partial charge on any atom is -0.456 e. The molecule has 4 heterocycles. The first-order valence-electron chi connectivity index (χ1n) is 14.8. The lowest BCUT2D eigenvalue weighted by molar-refractivity contribution is 0.669. The second-order valence-electron chi connectivity index (χ2n) is 10.9. The molecular formula is C39H23N5O. The maximum atomic E-state index is 6.36. The third kappa shape index (κ3) is 4.31. The average molecular weight is 578 g/mol. The predicted octanol–water partition coefficient (Wildman–Crippen LogP) is 9.54. The molecule has 45 heavy (non-hydrogen) atoms. The Morgan fingerprint density at radius 3 is 1.96 bits per heavy atom. The highest BCUT2D eigenvalue weighted by atomic mass is 16.3. The van der Waals surface area contributed by atoms with Gasteiger partial charge in [0.05, 0.1) is 16.7 Å². The number of hydrogen-bond donors (Lipinski definition) is 0. The van der Waals surface area contributed by atoms with E-state index in [-0.39, 0.29) is 0 Å². The fourth-order valence-electron chi connectivity index (χ4n) is 5.98. The van der Waals surface area contributed by atoms with Crippen LogP contribution in [0.2, 0.25) is 0 Å². The van der Waals surface area contributed by atoms with Gasteiger partial charge in [0.2, 0.25) is 0 Å². The van der Waals surface area contributed by atoms with Gasteiger partial charge in [-0.2, -0.15) is 0 Å². The predicted molar refractivity (Wildman–Crippen MR) is 179 cm³/mol. The molecule has 0 saturated carbocycles. The number of para-hydroxylation sites is 1. The van der Waals surface area contributed by atoms with Crippen LogP contribution in [0.5, 0.6) is 0 Å². The Bertz CT molecular complexity index is 2480. The minimum atomic E-state index is 0.587. The van der Waals surface area contributed by atoms with Crippen molar-refractivity contribution < 1.29 is 4.42 Å². The Balaban J connectivity index is 1.26. The van der Waals surface area contributed by atoms with Gasteiger partial charge in [-0.05, 0) is 42.5 Å². The number of rotatable bonds is 4. The molecule has 9 rings (SSSR count). The molecule has 0 amide bonds. The molecule has 0 saturated heterocycles. The van der Waals surface area contributed by atoms with Gasteiger partial charge in [-0.3, -0.25) is 4.98 Å². The van der Waals surface area contributed by atoms with Crippen LogP contribution < -0.4 is 0 Å². The Kier molecular flexibility index (Phi) is 5.71. The molecule has 0 radical (unpaired) electrons. The fourth-order valence-corrected chi connectivity index (χ4v) is 5.98. The molecule has 0 aliphatic carbocycles. The van der Waals surface area contributed by atoms with Crippen LogP contribution in [0.3, 0.4) is 0 Å². The molecule has 0 spiro atoms. The van der Waals surface area contributed by atoms with Crippen molar-refractivity contribution in [1.29, 1.82) is 0 Å². The highest BCUT2D eigenvalue weighted by Gasteiger charge is 2.18. The third-order valence-electron chi connectivity index (χ3n) is 8.16. The maximum Gasteiger partial charge on any atom is 0.164 e. The summed E-state index contributed by atoms with van der Waals surface area (Å²) in [5.74, 6) is 1.82. The van der Waals surface area contributed by atoms with Crippen molar-refractivity contribution in [2.75, 3.05) is 0 Å². The summed E-state index contributed by atoms with van der Waals surface area (Å²) in [7, 11) is 0. The molecule has 5 aromatic carbocycles. The van der Waals surface area contributed by atoms with Crippen LogP contribution >= 0.6 is 0 Å². The Labute approximate surface area is 257 Å². The van der Waals surface area contributed by atoms with Crippen LogP contribution in [0.1, 0.15) is 0 Å². The summed E-state index contributed by atoms with van der Waals surface area (Å²) in [6.45, 7) is 0. The first kappa shape index (κ1) is 25.2. The summed E-state index contributed by atoms with van der Waals surface area (Å²) in [5, 5.41) is 3.97. The zero-order valence-corrected chi connectivity index (χ0v) is 23.9. The van der Waals surface area contributed by atoms with Gasteiger partial charge in [0.25, 0.3) is 0 Å². The van der Waals surface area contributed by atoms with E-state index in [1.54, 1.807) is 0 Å². The van der Waals surface area contributed by atoms with Crippen LogP contribution in [0.25, 0.3) is 89.2 Å². The summed E-state index contributed by atoms with van der Waals surface area (Å²) in [6.07, 6.45) is 1.88. The SMILES string of the molecule is c1ccc(-c2nc(-c3ccccc3)nc(-c3cccc4oc5ccc(-c6ccc7cnc8ccccc8c7n6)cc5c34)n2)cc1. The molecule has 0 fully saturated rings. The zero-order valence-electron chi connectivity index (χ0n) is 23.9. The molecule has 0 unspecified atom stereocenters. The van der Waals surface area contributed by atoms with E-state index in [0.717, 1.165) is 71.7 Å². The van der Waals surface area contributed by atoms with Crippen LogP contribution in [-0.4, -0.2) is 24.9 Å². The van der Waals surface area contributed by atoms with Gasteiger partial charge >= 0.3 is 0 Å². The summed E-state index contributed by atoms with van der Waals surface area (Å²) in [4.78, 5) is 24.6. The molecule has 210 valence electrons. The number of benzene rings is 5. The first-order chi connectivity index (χ1) is 22.3. The molecule has 4 aromatic heterocycles. The number of aromatic nitrogens is 5. The fraction of sp³-hybridized carbons (Fsp3) is 0. The van der Waals surface area contributed by atoms with Gasteiger partial charge in [0, 0.05) is 50.0 Å². The maximum absolute atomic E-state index is 6.36. The summed E-state index contributed by atoms with van der Waals surface area (Å²) in [5.41, 5.74) is 8.02. The monoisotopic (exact) mass is 577 g/mol. The van der Waals surface area contributed by atoms with Gasteiger partial charge in [-0.1, -0.05) is 91.0 Å². The van der Waals surface area contributed by atoms with E-state index >= 15 is 0 Å². The number of pyridine rings is 2. The molecule has 6 heteroatoms. The number of hydrogen-bond acceptors (Lipinski definition) is 6. The standard InChI is InChI=1S/C39H23N5O/c1-3-10-24(11-4-1)37-42-38(25-12-5-2-6-13-25)44-39(43-37)29-15-9-17-34-35(29)30-22-26(19-21-33(30)45-34)31-20-18-27-23-40-32-16-8-7-14-28(32)36(27)41-31/h1-23H. The Hall–Kier alpha value is -6.27. The van der Waals surface area contributed by atoms with E-state index in [0.29, 0.717) is 17.5 Å². The van der Waals surface area contributed by atoms with Crippen LogP contribution in [0, 0.1) is 0 Å². The molecule has 0 N–H and O–H groups in total. The quantitative estimate of drug-likeness (QED) is 0.194. The van der Waals surface area contributed by atoms with E-state index in [1.165, 1.54) is 0 Å². The lowest BCUT2D eigenvalue weighted by Gasteiger charge is -2.09. The van der Waals surface area contributed by atoms with E-state index in [1.807, 2.05) is 109 Å².